The molecule has 1 heterocycles. The number of para-hydroxylation sites is 1. The fourth-order valence-corrected chi connectivity index (χ4v) is 6.34. The highest BCUT2D eigenvalue weighted by Gasteiger charge is 2.25. The van der Waals surface area contributed by atoms with Crippen LogP contribution >= 0.6 is 0 Å². The van der Waals surface area contributed by atoms with Crippen LogP contribution in [0.15, 0.2) is 71.6 Å². The van der Waals surface area contributed by atoms with Gasteiger partial charge in [0.25, 0.3) is 10.0 Å². The van der Waals surface area contributed by atoms with Gasteiger partial charge in [0.1, 0.15) is 0 Å². The number of amides is 1. The molecule has 0 radical (unpaired) electrons. The molecule has 34 heavy (non-hydrogen) atoms. The molecule has 176 valence electrons. The van der Waals surface area contributed by atoms with E-state index in [9.17, 15) is 13.2 Å². The average molecular weight is 475 g/mol. The molecule has 0 unspecified atom stereocenters. The molecule has 5 rings (SSSR count). The van der Waals surface area contributed by atoms with Crippen molar-refractivity contribution < 1.29 is 13.2 Å². The highest BCUT2D eigenvalue weighted by molar-refractivity contribution is 7.92. The molecule has 0 bridgehead atoms. The zero-order valence-corrected chi connectivity index (χ0v) is 20.3. The average Bonchev–Trinajstić information content (AvgIpc) is 3.01. The van der Waals surface area contributed by atoms with Crippen LogP contribution in [0.3, 0.4) is 0 Å². The molecule has 3 aromatic rings. The van der Waals surface area contributed by atoms with Crippen LogP contribution in [0, 0.1) is 0 Å². The molecule has 5 nitrogen and oxygen atoms in total. The molecule has 1 amide bonds. The molecular weight excluding hydrogens is 444 g/mol. The fourth-order valence-electron chi connectivity index (χ4n) is 5.29. The zero-order chi connectivity index (χ0) is 23.7. The molecule has 1 N–H and O–H groups in total. The number of nitrogens with zero attached hydrogens (tertiary/aromatic N) is 1. The van der Waals surface area contributed by atoms with Crippen molar-refractivity contribution in [2.24, 2.45) is 0 Å². The Bertz CT molecular complexity index is 1310. The second-order valence-corrected chi connectivity index (χ2v) is 11.0. The lowest BCUT2D eigenvalue weighted by molar-refractivity contribution is -0.115. The Labute approximate surface area is 201 Å². The van der Waals surface area contributed by atoms with E-state index in [1.54, 1.807) is 29.2 Å². The Kier molecular flexibility index (Phi) is 6.17. The van der Waals surface area contributed by atoms with Crippen LogP contribution in [0.2, 0.25) is 0 Å². The molecule has 1 fully saturated rings. The molecular formula is C28H30N2O3S. The summed E-state index contributed by atoms with van der Waals surface area (Å²) in [4.78, 5) is 14.6. The minimum absolute atomic E-state index is 0.103. The molecule has 0 saturated heterocycles. The Morgan fingerprint density at radius 2 is 1.53 bits per heavy atom. The van der Waals surface area contributed by atoms with Gasteiger partial charge < -0.3 is 0 Å². The van der Waals surface area contributed by atoms with Gasteiger partial charge in [0.2, 0.25) is 5.91 Å². The maximum atomic E-state index is 13.1. The highest BCUT2D eigenvalue weighted by atomic mass is 32.2. The summed E-state index contributed by atoms with van der Waals surface area (Å²) in [7, 11) is -3.75. The van der Waals surface area contributed by atoms with Crippen molar-refractivity contribution in [3.05, 3.63) is 83.4 Å². The first-order chi connectivity index (χ1) is 16.4. The van der Waals surface area contributed by atoms with E-state index in [4.69, 9.17) is 0 Å². The smallest absolute Gasteiger partial charge is 0.261 e. The van der Waals surface area contributed by atoms with E-state index in [1.807, 2.05) is 42.5 Å². The summed E-state index contributed by atoms with van der Waals surface area (Å²) in [5, 5.41) is 0. The molecule has 1 saturated carbocycles. The van der Waals surface area contributed by atoms with Crippen LogP contribution in [-0.4, -0.2) is 14.3 Å². The number of nitrogens with one attached hydrogen (secondary N) is 1. The summed E-state index contributed by atoms with van der Waals surface area (Å²) < 4.78 is 29.0. The van der Waals surface area contributed by atoms with Crippen molar-refractivity contribution >= 4 is 33.0 Å². The van der Waals surface area contributed by atoms with Crippen LogP contribution in [0.4, 0.5) is 17.1 Å². The van der Waals surface area contributed by atoms with Crippen molar-refractivity contribution in [1.29, 1.82) is 0 Å². The van der Waals surface area contributed by atoms with Gasteiger partial charge in [-0.25, -0.2) is 8.42 Å². The quantitative estimate of drug-likeness (QED) is 0.481. The van der Waals surface area contributed by atoms with Gasteiger partial charge in [-0.1, -0.05) is 55.7 Å². The molecule has 0 spiro atoms. The first kappa shape index (κ1) is 22.7. The largest absolute Gasteiger partial charge is 0.281 e. The van der Waals surface area contributed by atoms with E-state index in [0.29, 0.717) is 11.6 Å². The first-order valence-corrected chi connectivity index (χ1v) is 13.5. The molecule has 0 atom stereocenters. The molecule has 3 aromatic carbocycles. The van der Waals surface area contributed by atoms with Gasteiger partial charge in [-0.05, 0) is 78.6 Å². The van der Waals surface area contributed by atoms with Crippen LogP contribution in [0.25, 0.3) is 0 Å². The minimum atomic E-state index is -3.75. The van der Waals surface area contributed by atoms with E-state index in [1.165, 1.54) is 44.6 Å². The lowest BCUT2D eigenvalue weighted by Crippen LogP contribution is -2.24. The summed E-state index contributed by atoms with van der Waals surface area (Å²) in [6.45, 7) is 1.54. The number of fused-ring (bicyclic) bond motifs is 2. The summed E-state index contributed by atoms with van der Waals surface area (Å²) in [5.41, 5.74) is 5.37. The number of aryl methyl sites for hydroxylation is 2. The standard InChI is InChI=1S/C28H30N2O3S/c1-20(31)30-27-10-6-5-9-23(27)11-12-24-13-16-25(19-28(24)30)29-34(32,33)26-17-14-22(15-18-26)21-7-3-2-4-8-21/h5-6,9-10,13-19,21,29H,2-4,7-8,11-12H2,1H3. The lowest BCUT2D eigenvalue weighted by atomic mass is 9.84. The monoisotopic (exact) mass is 474 g/mol. The van der Waals surface area contributed by atoms with E-state index >= 15 is 0 Å². The predicted molar refractivity (Wildman–Crippen MR) is 136 cm³/mol. The minimum Gasteiger partial charge on any atom is -0.281 e. The number of rotatable bonds is 4. The summed E-state index contributed by atoms with van der Waals surface area (Å²) >= 11 is 0. The third-order valence-electron chi connectivity index (χ3n) is 7.06. The summed E-state index contributed by atoms with van der Waals surface area (Å²) in [6.07, 6.45) is 7.74. The molecule has 1 aliphatic carbocycles. The summed E-state index contributed by atoms with van der Waals surface area (Å²) in [5.74, 6) is 0.428. The van der Waals surface area contributed by atoms with Crippen LogP contribution in [-0.2, 0) is 27.7 Å². The van der Waals surface area contributed by atoms with Gasteiger partial charge in [-0.3, -0.25) is 14.4 Å². The number of anilines is 3. The number of carbonyl (C=O) groups excluding carboxylic acids is 1. The summed E-state index contributed by atoms with van der Waals surface area (Å²) in [6, 6.07) is 20.7. The van der Waals surface area contributed by atoms with Gasteiger partial charge in [0.05, 0.1) is 22.0 Å². The maximum absolute atomic E-state index is 13.1. The molecule has 0 aromatic heterocycles. The second kappa shape index (κ2) is 9.26. The van der Waals surface area contributed by atoms with Crippen molar-refractivity contribution in [2.75, 3.05) is 9.62 Å². The van der Waals surface area contributed by atoms with Gasteiger partial charge in [-0.15, -0.1) is 0 Å². The number of sulfonamides is 1. The number of hydrogen-bond donors (Lipinski definition) is 1. The molecule has 2 aliphatic rings. The van der Waals surface area contributed by atoms with E-state index < -0.39 is 10.0 Å². The van der Waals surface area contributed by atoms with Gasteiger partial charge in [0.15, 0.2) is 0 Å². The first-order valence-electron chi connectivity index (χ1n) is 12.1. The third kappa shape index (κ3) is 4.47. The van der Waals surface area contributed by atoms with Gasteiger partial charge in [0, 0.05) is 6.92 Å². The highest BCUT2D eigenvalue weighted by Crippen LogP contribution is 2.38. The van der Waals surface area contributed by atoms with E-state index in [-0.39, 0.29) is 10.8 Å². The topological polar surface area (TPSA) is 66.5 Å². The number of carbonyl (C=O) groups is 1. The van der Waals surface area contributed by atoms with Crippen molar-refractivity contribution in [2.45, 2.75) is 62.7 Å². The number of benzene rings is 3. The lowest BCUT2D eigenvalue weighted by Gasteiger charge is -2.24. The van der Waals surface area contributed by atoms with Crippen molar-refractivity contribution in [1.82, 2.24) is 0 Å². The Hall–Kier alpha value is -3.12. The Balaban J connectivity index is 1.43. The zero-order valence-electron chi connectivity index (χ0n) is 19.5. The van der Waals surface area contributed by atoms with Crippen LogP contribution < -0.4 is 9.62 Å². The molecule has 6 heteroatoms. The SMILES string of the molecule is CC(=O)N1c2ccccc2CCc2ccc(NS(=O)(=O)c3ccc(C4CCCCC4)cc3)cc21. The van der Waals surface area contributed by atoms with Crippen molar-refractivity contribution in [3.63, 3.8) is 0 Å². The van der Waals surface area contributed by atoms with Crippen LogP contribution in [0.5, 0.6) is 0 Å². The number of hydrogen-bond acceptors (Lipinski definition) is 3. The fraction of sp³-hybridized carbons (Fsp3) is 0.321. The van der Waals surface area contributed by atoms with Crippen molar-refractivity contribution in [3.8, 4) is 0 Å². The van der Waals surface area contributed by atoms with E-state index in [0.717, 1.165) is 35.3 Å². The Morgan fingerprint density at radius 1 is 0.853 bits per heavy atom. The Morgan fingerprint density at radius 3 is 2.24 bits per heavy atom. The predicted octanol–water partition coefficient (Wildman–Crippen LogP) is 6.32. The van der Waals surface area contributed by atoms with E-state index in [2.05, 4.69) is 4.72 Å². The maximum Gasteiger partial charge on any atom is 0.261 e. The third-order valence-corrected chi connectivity index (χ3v) is 8.45. The second-order valence-electron chi connectivity index (χ2n) is 9.34. The van der Waals surface area contributed by atoms with Gasteiger partial charge in [-0.2, -0.15) is 0 Å². The molecule has 1 aliphatic heterocycles. The normalized spacial score (nSPS) is 16.3. The van der Waals surface area contributed by atoms with Gasteiger partial charge >= 0.3 is 0 Å². The van der Waals surface area contributed by atoms with Crippen LogP contribution in [0.1, 0.15) is 61.6 Å².